The monoisotopic (exact) mass is 464 g/mol. The molecule has 0 saturated heterocycles. The van der Waals surface area contributed by atoms with Gasteiger partial charge in [0.1, 0.15) is 0 Å². The number of hydrogen-bond donors (Lipinski definition) is 1. The zero-order valence-corrected chi connectivity index (χ0v) is 19.6. The van der Waals surface area contributed by atoms with E-state index in [1.54, 1.807) is 12.4 Å². The van der Waals surface area contributed by atoms with E-state index in [1.165, 1.54) is 28.7 Å². The Morgan fingerprint density at radius 1 is 1.06 bits per heavy atom. The number of rotatable bonds is 9. The first-order chi connectivity index (χ1) is 15.7. The predicted octanol–water partition coefficient (Wildman–Crippen LogP) is 5.17. The van der Waals surface area contributed by atoms with E-state index < -0.39 is 0 Å². The zero-order valence-electron chi connectivity index (χ0n) is 18.0. The number of benzene rings is 1. The second kappa shape index (κ2) is 10.5. The molecule has 0 aliphatic rings. The Morgan fingerprint density at radius 2 is 1.84 bits per heavy atom. The fourth-order valence-electron chi connectivity index (χ4n) is 3.28. The number of anilines is 1. The summed E-state index contributed by atoms with van der Waals surface area (Å²) in [5.41, 5.74) is 4.19. The third-order valence-electron chi connectivity index (χ3n) is 4.84. The Labute approximate surface area is 195 Å². The van der Waals surface area contributed by atoms with Gasteiger partial charge in [-0.3, -0.25) is 9.78 Å². The summed E-state index contributed by atoms with van der Waals surface area (Å²) >= 11 is 2.79. The summed E-state index contributed by atoms with van der Waals surface area (Å²) < 4.78 is 2.00. The van der Waals surface area contributed by atoms with E-state index in [1.807, 2.05) is 29.0 Å². The molecule has 3 heterocycles. The van der Waals surface area contributed by atoms with Crippen molar-refractivity contribution < 1.29 is 4.79 Å². The minimum absolute atomic E-state index is 0.120. The molecule has 9 heteroatoms. The minimum atomic E-state index is -0.120. The summed E-state index contributed by atoms with van der Waals surface area (Å²) in [6.45, 7) is 4.92. The molecule has 0 atom stereocenters. The van der Waals surface area contributed by atoms with Gasteiger partial charge >= 0.3 is 0 Å². The number of hydrogen-bond acceptors (Lipinski definition) is 7. The first kappa shape index (κ1) is 22.2. The van der Waals surface area contributed by atoms with Gasteiger partial charge < -0.3 is 9.88 Å². The highest BCUT2D eigenvalue weighted by molar-refractivity contribution is 7.99. The van der Waals surface area contributed by atoms with E-state index >= 15 is 0 Å². The van der Waals surface area contributed by atoms with Crippen molar-refractivity contribution in [3.8, 4) is 22.6 Å². The summed E-state index contributed by atoms with van der Waals surface area (Å²) in [7, 11) is 0. The van der Waals surface area contributed by atoms with Crippen LogP contribution in [0.25, 0.3) is 22.6 Å². The van der Waals surface area contributed by atoms with Crippen molar-refractivity contribution in [1.82, 2.24) is 24.7 Å². The second-order valence-corrected chi connectivity index (χ2v) is 8.91. The second-order valence-electron chi connectivity index (χ2n) is 7.11. The minimum Gasteiger partial charge on any atom is -0.302 e. The number of carbonyl (C=O) groups excluding carboxylic acids is 1. The Kier molecular flexibility index (Phi) is 7.28. The van der Waals surface area contributed by atoms with Crippen LogP contribution in [-0.2, 0) is 17.8 Å². The predicted molar refractivity (Wildman–Crippen MR) is 130 cm³/mol. The van der Waals surface area contributed by atoms with Crippen molar-refractivity contribution in [3.63, 3.8) is 0 Å². The molecule has 32 heavy (non-hydrogen) atoms. The van der Waals surface area contributed by atoms with E-state index in [0.717, 1.165) is 35.5 Å². The van der Waals surface area contributed by atoms with Gasteiger partial charge in [-0.1, -0.05) is 49.4 Å². The maximum Gasteiger partial charge on any atom is 0.236 e. The average molecular weight is 465 g/mol. The smallest absolute Gasteiger partial charge is 0.236 e. The maximum absolute atomic E-state index is 12.5. The van der Waals surface area contributed by atoms with Crippen LogP contribution in [0.15, 0.2) is 59.3 Å². The molecule has 0 unspecified atom stereocenters. The molecule has 0 aliphatic carbocycles. The van der Waals surface area contributed by atoms with Crippen molar-refractivity contribution in [2.24, 2.45) is 0 Å². The van der Waals surface area contributed by atoms with Crippen LogP contribution in [0, 0.1) is 0 Å². The normalized spacial score (nSPS) is 10.9. The van der Waals surface area contributed by atoms with Crippen LogP contribution in [-0.4, -0.2) is 36.4 Å². The standard InChI is InChI=1S/C23H24N6OS2/c1-3-5-16-6-8-17(9-7-16)19-14-31-22(25-19)26-20(30)15-32-23-28-27-21(29(23)4-2)18-10-12-24-13-11-18/h6-14H,3-5,15H2,1-2H3,(H,25,26,30). The van der Waals surface area contributed by atoms with Gasteiger partial charge in [-0.15, -0.1) is 21.5 Å². The zero-order chi connectivity index (χ0) is 22.3. The number of amides is 1. The van der Waals surface area contributed by atoms with Crippen molar-refractivity contribution in [2.45, 2.75) is 38.4 Å². The molecular formula is C23H24N6OS2. The number of nitrogens with one attached hydrogen (secondary N) is 1. The molecule has 1 aromatic carbocycles. The summed E-state index contributed by atoms with van der Waals surface area (Å²) in [5, 5.41) is 14.7. The van der Waals surface area contributed by atoms with Gasteiger partial charge in [0.25, 0.3) is 0 Å². The average Bonchev–Trinajstić information content (AvgIpc) is 3.46. The molecule has 0 aliphatic heterocycles. The summed E-state index contributed by atoms with van der Waals surface area (Å²) in [6, 6.07) is 12.2. The molecule has 0 bridgehead atoms. The molecule has 4 rings (SSSR count). The molecule has 0 saturated carbocycles. The molecule has 7 nitrogen and oxygen atoms in total. The number of nitrogens with zero attached hydrogens (tertiary/aromatic N) is 5. The van der Waals surface area contributed by atoms with Crippen molar-refractivity contribution in [2.75, 3.05) is 11.1 Å². The molecule has 164 valence electrons. The largest absolute Gasteiger partial charge is 0.302 e. The van der Waals surface area contributed by atoms with Gasteiger partial charge in [0.15, 0.2) is 16.1 Å². The molecule has 1 N–H and O–H groups in total. The highest BCUT2D eigenvalue weighted by atomic mass is 32.2. The highest BCUT2D eigenvalue weighted by Gasteiger charge is 2.15. The van der Waals surface area contributed by atoms with Crippen LogP contribution in [0.5, 0.6) is 0 Å². The number of aryl methyl sites for hydroxylation is 1. The lowest BCUT2D eigenvalue weighted by atomic mass is 10.1. The summed E-state index contributed by atoms with van der Waals surface area (Å²) in [5.74, 6) is 0.882. The van der Waals surface area contributed by atoms with Crippen molar-refractivity contribution in [3.05, 3.63) is 59.7 Å². The Hall–Kier alpha value is -3.04. The molecule has 1 amide bonds. The Morgan fingerprint density at radius 3 is 2.56 bits per heavy atom. The van der Waals surface area contributed by atoms with Gasteiger partial charge in [-0.25, -0.2) is 4.98 Å². The summed E-state index contributed by atoms with van der Waals surface area (Å²) in [6.07, 6.45) is 5.66. The van der Waals surface area contributed by atoms with Crippen LogP contribution < -0.4 is 5.32 Å². The third-order valence-corrected chi connectivity index (χ3v) is 6.57. The fraction of sp³-hybridized carbons (Fsp3) is 0.261. The molecule has 0 radical (unpaired) electrons. The number of aromatic nitrogens is 5. The maximum atomic E-state index is 12.5. The van der Waals surface area contributed by atoms with Crippen LogP contribution in [0.2, 0.25) is 0 Å². The quantitative estimate of drug-likeness (QED) is 0.344. The lowest BCUT2D eigenvalue weighted by Crippen LogP contribution is -2.14. The molecule has 4 aromatic rings. The van der Waals surface area contributed by atoms with Crippen molar-refractivity contribution in [1.29, 1.82) is 0 Å². The van der Waals surface area contributed by atoms with Gasteiger partial charge in [0.2, 0.25) is 5.91 Å². The SMILES string of the molecule is CCCc1ccc(-c2csc(NC(=O)CSc3nnc(-c4ccncc4)n3CC)n2)cc1. The Bertz CT molecular complexity index is 1170. The van der Waals surface area contributed by atoms with Crippen molar-refractivity contribution >= 4 is 34.1 Å². The number of thioether (sulfide) groups is 1. The van der Waals surface area contributed by atoms with Crippen LogP contribution in [0.3, 0.4) is 0 Å². The molecular weight excluding hydrogens is 440 g/mol. The molecule has 3 aromatic heterocycles. The Balaban J connectivity index is 1.36. The third kappa shape index (κ3) is 5.23. The van der Waals surface area contributed by atoms with E-state index in [4.69, 9.17) is 0 Å². The number of pyridine rings is 1. The number of thiazole rings is 1. The van der Waals surface area contributed by atoms with Gasteiger partial charge in [-0.2, -0.15) is 0 Å². The van der Waals surface area contributed by atoms with Crippen LogP contribution >= 0.6 is 23.1 Å². The first-order valence-corrected chi connectivity index (χ1v) is 12.4. The molecule has 0 spiro atoms. The van der Waals surface area contributed by atoms with Gasteiger partial charge in [0.05, 0.1) is 11.4 Å². The van der Waals surface area contributed by atoms with Crippen LogP contribution in [0.1, 0.15) is 25.8 Å². The van der Waals surface area contributed by atoms with E-state index in [9.17, 15) is 4.79 Å². The summed E-state index contributed by atoms with van der Waals surface area (Å²) in [4.78, 5) is 21.1. The molecule has 0 fully saturated rings. The lowest BCUT2D eigenvalue weighted by Gasteiger charge is -2.07. The topological polar surface area (TPSA) is 85.6 Å². The van der Waals surface area contributed by atoms with Gasteiger partial charge in [-0.05, 0) is 31.0 Å². The number of carbonyl (C=O) groups is 1. The fourth-order valence-corrected chi connectivity index (χ4v) is 4.81. The van der Waals surface area contributed by atoms with E-state index in [0.29, 0.717) is 16.8 Å². The van der Waals surface area contributed by atoms with Gasteiger partial charge in [0, 0.05) is 35.4 Å². The van der Waals surface area contributed by atoms with E-state index in [2.05, 4.69) is 56.7 Å². The first-order valence-electron chi connectivity index (χ1n) is 10.5. The van der Waals surface area contributed by atoms with E-state index in [-0.39, 0.29) is 11.7 Å². The van der Waals surface area contributed by atoms with Crippen LogP contribution in [0.4, 0.5) is 5.13 Å². The highest BCUT2D eigenvalue weighted by Crippen LogP contribution is 2.27. The lowest BCUT2D eigenvalue weighted by molar-refractivity contribution is -0.113.